The number of hydrogen-bond acceptors (Lipinski definition) is 2. The number of benzene rings is 2. The molecule has 0 spiro atoms. The lowest BCUT2D eigenvalue weighted by Crippen LogP contribution is -2.26. The van der Waals surface area contributed by atoms with Crippen LogP contribution in [0.3, 0.4) is 0 Å². The van der Waals surface area contributed by atoms with E-state index in [2.05, 4.69) is 5.32 Å². The molecule has 0 aliphatic carbocycles. The van der Waals surface area contributed by atoms with Crippen LogP contribution >= 0.6 is 23.2 Å². The van der Waals surface area contributed by atoms with Crippen LogP contribution in [0, 0.1) is 6.92 Å². The van der Waals surface area contributed by atoms with E-state index >= 15 is 0 Å². The fourth-order valence-electron chi connectivity index (χ4n) is 2.04. The van der Waals surface area contributed by atoms with Gasteiger partial charge in [0, 0.05) is 10.0 Å². The van der Waals surface area contributed by atoms with E-state index in [9.17, 15) is 9.90 Å². The van der Waals surface area contributed by atoms with Crippen molar-refractivity contribution in [1.29, 1.82) is 0 Å². The minimum Gasteiger partial charge on any atom is -0.507 e. The first-order chi connectivity index (χ1) is 9.88. The lowest BCUT2D eigenvalue weighted by molar-refractivity contribution is 0.0937. The third kappa shape index (κ3) is 3.69. The number of aryl methyl sites for hydroxylation is 1. The van der Waals surface area contributed by atoms with E-state index in [1.54, 1.807) is 36.4 Å². The zero-order valence-electron chi connectivity index (χ0n) is 11.7. The maximum absolute atomic E-state index is 12.2. The van der Waals surface area contributed by atoms with Crippen LogP contribution < -0.4 is 5.32 Å². The van der Waals surface area contributed by atoms with Gasteiger partial charge in [0.1, 0.15) is 5.75 Å². The second-order valence-electron chi connectivity index (χ2n) is 4.88. The van der Waals surface area contributed by atoms with Crippen LogP contribution in [0.5, 0.6) is 5.75 Å². The van der Waals surface area contributed by atoms with Crippen LogP contribution in [0.25, 0.3) is 0 Å². The second kappa shape index (κ2) is 6.37. The Morgan fingerprint density at radius 3 is 2.52 bits per heavy atom. The van der Waals surface area contributed by atoms with Gasteiger partial charge in [0.25, 0.3) is 5.91 Å². The van der Waals surface area contributed by atoms with Crippen molar-refractivity contribution in [1.82, 2.24) is 5.32 Å². The average Bonchev–Trinajstić information content (AvgIpc) is 2.37. The predicted molar refractivity (Wildman–Crippen MR) is 85.2 cm³/mol. The largest absolute Gasteiger partial charge is 0.507 e. The number of hydrogen-bond donors (Lipinski definition) is 2. The first-order valence-electron chi connectivity index (χ1n) is 6.44. The molecule has 0 radical (unpaired) electrons. The summed E-state index contributed by atoms with van der Waals surface area (Å²) in [5.74, 6) is -0.395. The zero-order chi connectivity index (χ0) is 15.6. The number of phenols is 1. The molecule has 0 saturated heterocycles. The highest BCUT2D eigenvalue weighted by Gasteiger charge is 2.16. The molecule has 1 atom stereocenters. The van der Waals surface area contributed by atoms with Crippen LogP contribution in [0.2, 0.25) is 10.0 Å². The minimum atomic E-state index is -0.356. The standard InChI is InChI=1S/C16H15Cl2NO2/c1-9-3-5-13(15(20)7-9)16(21)19-10(2)12-6-4-11(17)8-14(12)18/h3-8,10,20H,1-2H3,(H,19,21). The Morgan fingerprint density at radius 2 is 1.90 bits per heavy atom. The molecule has 2 aromatic carbocycles. The van der Waals surface area contributed by atoms with Crippen molar-refractivity contribution in [2.24, 2.45) is 0 Å². The van der Waals surface area contributed by atoms with Crippen molar-refractivity contribution < 1.29 is 9.90 Å². The number of carbonyl (C=O) groups is 1. The lowest BCUT2D eigenvalue weighted by Gasteiger charge is -2.16. The monoisotopic (exact) mass is 323 g/mol. The summed E-state index contributed by atoms with van der Waals surface area (Å²) in [6.07, 6.45) is 0. The number of carbonyl (C=O) groups excluding carboxylic acids is 1. The van der Waals surface area contributed by atoms with E-state index in [1.165, 1.54) is 0 Å². The quantitative estimate of drug-likeness (QED) is 0.873. The molecule has 2 N–H and O–H groups in total. The van der Waals surface area contributed by atoms with Crippen LogP contribution in [-0.4, -0.2) is 11.0 Å². The molecule has 0 heterocycles. The van der Waals surface area contributed by atoms with Gasteiger partial charge >= 0.3 is 0 Å². The van der Waals surface area contributed by atoms with Crippen molar-refractivity contribution in [3.63, 3.8) is 0 Å². The smallest absolute Gasteiger partial charge is 0.255 e. The topological polar surface area (TPSA) is 49.3 Å². The van der Waals surface area contributed by atoms with Gasteiger partial charge in [0.05, 0.1) is 11.6 Å². The summed E-state index contributed by atoms with van der Waals surface area (Å²) in [4.78, 5) is 12.2. The molecule has 21 heavy (non-hydrogen) atoms. The average molecular weight is 324 g/mol. The van der Waals surface area contributed by atoms with E-state index in [1.807, 2.05) is 13.8 Å². The third-order valence-corrected chi connectivity index (χ3v) is 3.74. The number of amides is 1. The maximum Gasteiger partial charge on any atom is 0.255 e. The van der Waals surface area contributed by atoms with Crippen molar-refractivity contribution in [2.75, 3.05) is 0 Å². The third-order valence-electron chi connectivity index (χ3n) is 3.17. The summed E-state index contributed by atoms with van der Waals surface area (Å²) in [7, 11) is 0. The lowest BCUT2D eigenvalue weighted by atomic mass is 10.1. The first-order valence-corrected chi connectivity index (χ1v) is 7.19. The Labute approximate surface area is 133 Å². The van der Waals surface area contributed by atoms with Gasteiger partial charge in [-0.25, -0.2) is 0 Å². The molecule has 0 bridgehead atoms. The molecule has 0 aliphatic heterocycles. The Morgan fingerprint density at radius 1 is 1.19 bits per heavy atom. The Balaban J connectivity index is 2.18. The van der Waals surface area contributed by atoms with Gasteiger partial charge in [0.15, 0.2) is 0 Å². The van der Waals surface area contributed by atoms with Gasteiger partial charge < -0.3 is 10.4 Å². The van der Waals surface area contributed by atoms with Crippen molar-refractivity contribution >= 4 is 29.1 Å². The summed E-state index contributed by atoms with van der Waals surface area (Å²) in [6, 6.07) is 9.73. The second-order valence-corrected chi connectivity index (χ2v) is 5.73. The van der Waals surface area contributed by atoms with E-state index in [0.717, 1.165) is 11.1 Å². The molecule has 3 nitrogen and oxygen atoms in total. The number of aromatic hydroxyl groups is 1. The van der Waals surface area contributed by atoms with E-state index in [0.29, 0.717) is 10.0 Å². The fraction of sp³-hybridized carbons (Fsp3) is 0.188. The summed E-state index contributed by atoms with van der Waals surface area (Å²) >= 11 is 12.0. The van der Waals surface area contributed by atoms with Crippen molar-refractivity contribution in [3.8, 4) is 5.75 Å². The Bertz CT molecular complexity index is 686. The van der Waals surface area contributed by atoms with Crippen molar-refractivity contribution in [2.45, 2.75) is 19.9 Å². The van der Waals surface area contributed by atoms with Crippen molar-refractivity contribution in [3.05, 3.63) is 63.1 Å². The summed E-state index contributed by atoms with van der Waals surface area (Å²) in [6.45, 7) is 3.66. The number of nitrogens with one attached hydrogen (secondary N) is 1. The highest BCUT2D eigenvalue weighted by Crippen LogP contribution is 2.27. The molecule has 0 aliphatic rings. The van der Waals surface area contributed by atoms with Crippen LogP contribution in [0.15, 0.2) is 36.4 Å². The molecular formula is C16H15Cl2NO2. The summed E-state index contributed by atoms with van der Waals surface area (Å²) in [5, 5.41) is 13.7. The SMILES string of the molecule is Cc1ccc(C(=O)NC(C)c2ccc(Cl)cc2Cl)c(O)c1. The van der Waals surface area contributed by atoms with Crippen LogP contribution in [0.4, 0.5) is 0 Å². The number of rotatable bonds is 3. The zero-order valence-corrected chi connectivity index (χ0v) is 13.2. The normalized spacial score (nSPS) is 12.0. The van der Waals surface area contributed by atoms with Gasteiger partial charge in [-0.2, -0.15) is 0 Å². The van der Waals surface area contributed by atoms with E-state index < -0.39 is 0 Å². The summed E-state index contributed by atoms with van der Waals surface area (Å²) in [5.41, 5.74) is 1.89. The first kappa shape index (κ1) is 15.7. The highest BCUT2D eigenvalue weighted by atomic mass is 35.5. The Hall–Kier alpha value is -1.71. The molecule has 0 aromatic heterocycles. The number of halogens is 2. The molecule has 1 amide bonds. The van der Waals surface area contributed by atoms with Gasteiger partial charge in [0.2, 0.25) is 0 Å². The van der Waals surface area contributed by atoms with Crippen LogP contribution in [0.1, 0.15) is 34.5 Å². The molecule has 5 heteroatoms. The molecule has 2 rings (SSSR count). The molecule has 1 unspecified atom stereocenters. The highest BCUT2D eigenvalue weighted by molar-refractivity contribution is 6.35. The molecule has 110 valence electrons. The van der Waals surface area contributed by atoms with Gasteiger partial charge in [-0.15, -0.1) is 0 Å². The van der Waals surface area contributed by atoms with Crippen LogP contribution in [-0.2, 0) is 0 Å². The summed E-state index contributed by atoms with van der Waals surface area (Å²) < 4.78 is 0. The molecule has 0 fully saturated rings. The van der Waals surface area contributed by atoms with E-state index in [4.69, 9.17) is 23.2 Å². The predicted octanol–water partition coefficient (Wildman–Crippen LogP) is 4.50. The maximum atomic E-state index is 12.2. The molecule has 0 saturated carbocycles. The Kier molecular flexibility index (Phi) is 4.76. The van der Waals surface area contributed by atoms with E-state index in [-0.39, 0.29) is 23.3 Å². The van der Waals surface area contributed by atoms with Gasteiger partial charge in [-0.3, -0.25) is 4.79 Å². The van der Waals surface area contributed by atoms with Gasteiger partial charge in [-0.1, -0.05) is 35.3 Å². The molecular weight excluding hydrogens is 309 g/mol. The minimum absolute atomic E-state index is 0.0399. The van der Waals surface area contributed by atoms with Gasteiger partial charge in [-0.05, 0) is 49.2 Å². The molecule has 2 aromatic rings. The number of phenolic OH excluding ortho intramolecular Hbond substituents is 1. The fourth-order valence-corrected chi connectivity index (χ4v) is 2.61.